The van der Waals surface area contributed by atoms with Gasteiger partial charge in [0.05, 0.1) is 0 Å². The molecule has 0 spiro atoms. The molecule has 6 N–H and O–H groups in total. The van der Waals surface area contributed by atoms with E-state index in [2.05, 4.69) is 4.89 Å². The first-order valence-electron chi connectivity index (χ1n) is 1.07. The molecule has 0 rings (SSSR count). The van der Waals surface area contributed by atoms with Crippen LogP contribution in [0.3, 0.4) is 0 Å². The second-order valence-electron chi connectivity index (χ2n) is 0.575. The van der Waals surface area contributed by atoms with E-state index in [1.165, 1.54) is 0 Å². The van der Waals surface area contributed by atoms with Gasteiger partial charge in [-0.05, 0) is 0 Å². The van der Waals surface area contributed by atoms with Gasteiger partial charge in [-0.15, -0.1) is 0 Å². The number of carbonyl (C=O) groups is 1. The van der Waals surface area contributed by atoms with E-state index in [1.807, 2.05) is 0 Å². The third-order valence-corrected chi connectivity index (χ3v) is 0.117. The summed E-state index contributed by atoms with van der Waals surface area (Å²) < 4.78 is 0. The van der Waals surface area contributed by atoms with Crippen molar-refractivity contribution < 1.29 is 60.9 Å². The van der Waals surface area contributed by atoms with Crippen LogP contribution in [0.4, 0.5) is 0 Å². The third-order valence-electron chi connectivity index (χ3n) is 0.117. The van der Waals surface area contributed by atoms with Gasteiger partial charge >= 0.3 is 29.6 Å². The van der Waals surface area contributed by atoms with Crippen LogP contribution in [0.5, 0.6) is 0 Å². The van der Waals surface area contributed by atoms with Crippen molar-refractivity contribution in [2.45, 2.75) is 6.92 Å². The number of rotatable bonds is 0. The number of carbonyl (C=O) groups excluding carboxylic acids is 1. The van der Waals surface area contributed by atoms with E-state index >= 15 is 0 Å². The molecule has 0 aromatic carbocycles. The molecule has 0 fully saturated rings. The second kappa shape index (κ2) is 23.9. The minimum Gasteiger partial charge on any atom is -0.662 e. The van der Waals surface area contributed by atoms with E-state index in [-0.39, 0.29) is 46.0 Å². The van der Waals surface area contributed by atoms with Crippen molar-refractivity contribution in [2.75, 3.05) is 0 Å². The quantitative estimate of drug-likeness (QED) is 0.193. The molecule has 0 amide bonds. The van der Waals surface area contributed by atoms with Crippen molar-refractivity contribution in [3.05, 3.63) is 0 Å². The van der Waals surface area contributed by atoms with Crippen LogP contribution >= 0.6 is 0 Å². The smallest absolute Gasteiger partial charge is 0.662 e. The van der Waals surface area contributed by atoms with Gasteiger partial charge in [0, 0.05) is 6.92 Å². The standard InChI is InChI=1S/C2H4O3.Na.3H2O/c1-2(3)5-4;;;;/h4H,1H3;;3*1H2/q;+1;;;/p-1. The van der Waals surface area contributed by atoms with Crippen molar-refractivity contribution in [1.82, 2.24) is 0 Å². The molecule has 0 aliphatic rings. The molecule has 0 aliphatic carbocycles. The van der Waals surface area contributed by atoms with Crippen LogP contribution in [0.15, 0.2) is 0 Å². The van der Waals surface area contributed by atoms with Crippen LogP contribution in [0.2, 0.25) is 0 Å². The summed E-state index contributed by atoms with van der Waals surface area (Å²) in [5, 5.41) is 8.78. The summed E-state index contributed by atoms with van der Waals surface area (Å²) in [6.45, 7) is 1.05. The Labute approximate surface area is 74.0 Å². The van der Waals surface area contributed by atoms with E-state index in [1.54, 1.807) is 0 Å². The monoisotopic (exact) mass is 152 g/mol. The summed E-state index contributed by atoms with van der Waals surface area (Å²) in [5.41, 5.74) is 0. The van der Waals surface area contributed by atoms with Crippen LogP contribution in [-0.2, 0) is 9.68 Å². The Bertz CT molecular complexity index is 46.3. The number of hydrogen-bond donors (Lipinski definition) is 0. The first-order valence-corrected chi connectivity index (χ1v) is 1.07. The van der Waals surface area contributed by atoms with Crippen molar-refractivity contribution in [3.8, 4) is 0 Å². The maximum atomic E-state index is 9.28. The van der Waals surface area contributed by atoms with Gasteiger partial charge < -0.3 is 26.6 Å². The minimum atomic E-state index is -0.801. The predicted molar refractivity (Wildman–Crippen MR) is 22.6 cm³/mol. The summed E-state index contributed by atoms with van der Waals surface area (Å²) in [5.74, 6) is -0.801. The Balaban J connectivity index is -0.0000000133. The zero-order chi connectivity index (χ0) is 4.28. The summed E-state index contributed by atoms with van der Waals surface area (Å²) in [6.07, 6.45) is 0. The summed E-state index contributed by atoms with van der Waals surface area (Å²) in [6, 6.07) is 0. The van der Waals surface area contributed by atoms with E-state index in [9.17, 15) is 4.79 Å². The van der Waals surface area contributed by atoms with Gasteiger partial charge in [0.2, 0.25) is 0 Å². The molecular formula is C2H9NaO6. The van der Waals surface area contributed by atoms with Gasteiger partial charge in [-0.25, -0.2) is 0 Å². The maximum absolute atomic E-state index is 9.28. The first kappa shape index (κ1) is 34.6. The van der Waals surface area contributed by atoms with Crippen LogP contribution in [0.25, 0.3) is 0 Å². The van der Waals surface area contributed by atoms with Crippen LogP contribution in [-0.4, -0.2) is 22.4 Å². The fourth-order valence-electron chi connectivity index (χ4n) is 0. The Morgan fingerprint density at radius 1 is 1.33 bits per heavy atom. The molecule has 0 aliphatic heterocycles. The minimum absolute atomic E-state index is 0. The second-order valence-corrected chi connectivity index (χ2v) is 0.575. The zero-order valence-electron chi connectivity index (χ0n) is 5.22. The molecule has 0 radical (unpaired) electrons. The molecule has 0 bridgehead atoms. The average Bonchev–Trinajstić information content (AvgIpc) is 1.38. The van der Waals surface area contributed by atoms with Crippen LogP contribution < -0.4 is 34.8 Å². The van der Waals surface area contributed by atoms with Crippen LogP contribution in [0.1, 0.15) is 6.92 Å². The Morgan fingerprint density at radius 3 is 1.44 bits per heavy atom. The van der Waals surface area contributed by atoms with Crippen LogP contribution in [0, 0.1) is 0 Å². The average molecular weight is 152 g/mol. The van der Waals surface area contributed by atoms with Crippen molar-refractivity contribution in [3.63, 3.8) is 0 Å². The fraction of sp³-hybridized carbons (Fsp3) is 0.500. The van der Waals surface area contributed by atoms with Gasteiger partial charge in [0.1, 0.15) is 0 Å². The molecule has 6 nitrogen and oxygen atoms in total. The van der Waals surface area contributed by atoms with Gasteiger partial charge in [0.15, 0.2) is 0 Å². The Kier molecular flexibility index (Phi) is 91.9. The Morgan fingerprint density at radius 2 is 1.44 bits per heavy atom. The molecule has 54 valence electrons. The largest absolute Gasteiger partial charge is 1.00 e. The topological polar surface area (TPSA) is 144 Å². The van der Waals surface area contributed by atoms with E-state index in [0.717, 1.165) is 6.92 Å². The summed E-state index contributed by atoms with van der Waals surface area (Å²) in [7, 11) is 0. The molecule has 0 aromatic rings. The molecule has 7 heteroatoms. The molecular weight excluding hydrogens is 143 g/mol. The molecule has 0 unspecified atom stereocenters. The Hall–Kier alpha value is 0.310. The molecule has 9 heavy (non-hydrogen) atoms. The fourth-order valence-corrected chi connectivity index (χ4v) is 0. The molecule has 0 heterocycles. The molecule has 0 saturated carbocycles. The van der Waals surface area contributed by atoms with Crippen molar-refractivity contribution in [1.29, 1.82) is 0 Å². The number of hydrogen-bond acceptors (Lipinski definition) is 3. The summed E-state index contributed by atoms with van der Waals surface area (Å²) in [4.78, 5) is 12.1. The predicted octanol–water partition coefficient (Wildman–Crippen LogP) is -6.65. The van der Waals surface area contributed by atoms with Gasteiger partial charge in [-0.3, -0.25) is 4.79 Å². The van der Waals surface area contributed by atoms with Gasteiger partial charge in [-0.1, -0.05) is 0 Å². The van der Waals surface area contributed by atoms with Gasteiger partial charge in [0.25, 0.3) is 5.97 Å². The zero-order valence-corrected chi connectivity index (χ0v) is 7.22. The molecule has 0 atom stereocenters. The van der Waals surface area contributed by atoms with E-state index in [4.69, 9.17) is 5.26 Å². The SMILES string of the molecule is CC(=O)O[O-].O.O.O.[Na+]. The van der Waals surface area contributed by atoms with Crippen molar-refractivity contribution in [2.24, 2.45) is 0 Å². The van der Waals surface area contributed by atoms with E-state index < -0.39 is 5.97 Å². The normalized spacial score (nSPS) is 3.78. The van der Waals surface area contributed by atoms with Crippen molar-refractivity contribution >= 4 is 5.97 Å². The third kappa shape index (κ3) is 62.0. The van der Waals surface area contributed by atoms with E-state index in [0.29, 0.717) is 0 Å². The summed E-state index contributed by atoms with van der Waals surface area (Å²) >= 11 is 0. The molecule has 0 aromatic heterocycles. The molecule has 0 saturated heterocycles. The first-order chi connectivity index (χ1) is 2.27. The van der Waals surface area contributed by atoms with Gasteiger partial charge in [-0.2, -0.15) is 0 Å². The maximum Gasteiger partial charge on any atom is 1.00 e.